The van der Waals surface area contributed by atoms with Crippen LogP contribution in [0.1, 0.15) is 35.2 Å². The van der Waals surface area contributed by atoms with Gasteiger partial charge in [-0.15, -0.1) is 12.4 Å². The third-order valence-electron chi connectivity index (χ3n) is 5.80. The molecule has 1 atom stereocenters. The lowest BCUT2D eigenvalue weighted by molar-refractivity contribution is -0.119. The molecular weight excluding hydrogens is 410 g/mol. The molecule has 8 heteroatoms. The molecule has 2 fully saturated rings. The second kappa shape index (κ2) is 9.15. The average molecular weight is 436 g/mol. The summed E-state index contributed by atoms with van der Waals surface area (Å²) in [5.74, 6) is 0.0529. The van der Waals surface area contributed by atoms with Gasteiger partial charge in [-0.1, -0.05) is 0 Å². The van der Waals surface area contributed by atoms with Crippen LogP contribution in [0.4, 0.5) is 0 Å². The number of primary amides is 1. The van der Waals surface area contributed by atoms with Crippen LogP contribution >= 0.6 is 23.7 Å². The van der Waals surface area contributed by atoms with Gasteiger partial charge < -0.3 is 20.7 Å². The fraction of sp³-hybridized carbons (Fsp3) is 0.429. The van der Waals surface area contributed by atoms with Crippen LogP contribution < -0.4 is 15.8 Å². The highest BCUT2D eigenvalue weighted by atomic mass is 35.5. The van der Waals surface area contributed by atoms with Crippen LogP contribution in [0.3, 0.4) is 0 Å². The molecule has 1 aliphatic carbocycles. The number of rotatable bonds is 7. The molecule has 2 aromatic rings. The molecule has 1 saturated carbocycles. The number of nitrogens with two attached hydrogens (primary N) is 1. The van der Waals surface area contributed by atoms with Crippen molar-refractivity contribution in [3.63, 3.8) is 0 Å². The standard InChI is InChI=1S/C21H25N3O3S.ClH/c22-19(25)13-27-17-3-1-16(2-4-17)20(26)24(12-15-5-10-28-14-15)18-11-21(18)6-8-23-9-7-21;/h1-5,10,14,18,23H,6-9,11-13H2,(H2,22,25);1H. The number of thiophene rings is 1. The van der Waals surface area contributed by atoms with Crippen LogP contribution in [0, 0.1) is 5.41 Å². The Kier molecular flexibility index (Phi) is 6.82. The first-order valence-electron chi connectivity index (χ1n) is 9.61. The van der Waals surface area contributed by atoms with E-state index in [2.05, 4.69) is 22.1 Å². The number of nitrogens with one attached hydrogen (secondary N) is 1. The van der Waals surface area contributed by atoms with Crippen molar-refractivity contribution in [2.45, 2.75) is 31.8 Å². The number of amides is 2. The Balaban J connectivity index is 0.00000240. The Morgan fingerprint density at radius 3 is 2.55 bits per heavy atom. The summed E-state index contributed by atoms with van der Waals surface area (Å²) < 4.78 is 5.29. The van der Waals surface area contributed by atoms with Gasteiger partial charge in [0, 0.05) is 18.2 Å². The Hall–Kier alpha value is -2.09. The molecule has 0 bridgehead atoms. The van der Waals surface area contributed by atoms with Gasteiger partial charge in [0.05, 0.1) is 0 Å². The molecule has 1 spiro atoms. The average Bonchev–Trinajstić information content (AvgIpc) is 3.13. The Labute approximate surface area is 180 Å². The van der Waals surface area contributed by atoms with E-state index in [0.29, 0.717) is 23.9 Å². The number of carbonyl (C=O) groups is 2. The van der Waals surface area contributed by atoms with Crippen molar-refractivity contribution >= 4 is 35.6 Å². The number of benzene rings is 1. The molecule has 1 aromatic carbocycles. The predicted molar refractivity (Wildman–Crippen MR) is 116 cm³/mol. The Morgan fingerprint density at radius 2 is 1.93 bits per heavy atom. The molecule has 29 heavy (non-hydrogen) atoms. The van der Waals surface area contributed by atoms with Crippen molar-refractivity contribution in [3.8, 4) is 5.75 Å². The summed E-state index contributed by atoms with van der Waals surface area (Å²) in [6.07, 6.45) is 3.35. The molecule has 3 N–H and O–H groups in total. The van der Waals surface area contributed by atoms with Crippen molar-refractivity contribution in [2.24, 2.45) is 11.1 Å². The minimum atomic E-state index is -0.525. The maximum Gasteiger partial charge on any atom is 0.255 e. The van der Waals surface area contributed by atoms with E-state index in [0.717, 1.165) is 32.4 Å². The van der Waals surface area contributed by atoms with Gasteiger partial charge in [0.1, 0.15) is 5.75 Å². The van der Waals surface area contributed by atoms with Crippen LogP contribution in [0.5, 0.6) is 5.75 Å². The van der Waals surface area contributed by atoms with Crippen LogP contribution in [-0.4, -0.2) is 42.5 Å². The highest BCUT2D eigenvalue weighted by Crippen LogP contribution is 2.56. The number of hydrogen-bond donors (Lipinski definition) is 2. The number of hydrogen-bond acceptors (Lipinski definition) is 5. The lowest BCUT2D eigenvalue weighted by Crippen LogP contribution is -2.39. The van der Waals surface area contributed by atoms with E-state index < -0.39 is 5.91 Å². The van der Waals surface area contributed by atoms with Crippen molar-refractivity contribution in [2.75, 3.05) is 19.7 Å². The quantitative estimate of drug-likeness (QED) is 0.700. The van der Waals surface area contributed by atoms with Crippen LogP contribution in [0.2, 0.25) is 0 Å². The Morgan fingerprint density at radius 1 is 1.21 bits per heavy atom. The summed E-state index contributed by atoms with van der Waals surface area (Å²) in [6, 6.07) is 9.34. The number of ether oxygens (including phenoxy) is 1. The maximum absolute atomic E-state index is 13.4. The number of carbonyl (C=O) groups excluding carboxylic acids is 2. The molecule has 1 aliphatic heterocycles. The molecule has 2 aliphatic rings. The molecule has 0 radical (unpaired) electrons. The van der Waals surface area contributed by atoms with Crippen LogP contribution in [0.15, 0.2) is 41.1 Å². The second-order valence-electron chi connectivity index (χ2n) is 7.68. The van der Waals surface area contributed by atoms with E-state index in [1.165, 1.54) is 5.56 Å². The minimum absolute atomic E-state index is 0. The summed E-state index contributed by atoms with van der Waals surface area (Å²) in [5, 5.41) is 7.59. The van der Waals surface area contributed by atoms with Gasteiger partial charge in [0.15, 0.2) is 6.61 Å². The second-order valence-corrected chi connectivity index (χ2v) is 8.46. The first-order valence-corrected chi connectivity index (χ1v) is 10.6. The zero-order valence-electron chi connectivity index (χ0n) is 16.1. The largest absolute Gasteiger partial charge is 0.484 e. The van der Waals surface area contributed by atoms with E-state index in [9.17, 15) is 9.59 Å². The monoisotopic (exact) mass is 435 g/mol. The zero-order valence-corrected chi connectivity index (χ0v) is 17.8. The summed E-state index contributed by atoms with van der Waals surface area (Å²) in [6.45, 7) is 2.53. The predicted octanol–water partition coefficient (Wildman–Crippen LogP) is 2.82. The first-order chi connectivity index (χ1) is 13.6. The summed E-state index contributed by atoms with van der Waals surface area (Å²) in [4.78, 5) is 26.3. The molecule has 1 saturated heterocycles. The topological polar surface area (TPSA) is 84.7 Å². The molecule has 2 amide bonds. The highest BCUT2D eigenvalue weighted by molar-refractivity contribution is 7.07. The fourth-order valence-electron chi connectivity index (χ4n) is 4.15. The molecule has 1 aromatic heterocycles. The zero-order chi connectivity index (χ0) is 19.6. The smallest absolute Gasteiger partial charge is 0.255 e. The van der Waals surface area contributed by atoms with E-state index in [1.807, 2.05) is 4.90 Å². The van der Waals surface area contributed by atoms with E-state index in [-0.39, 0.29) is 30.3 Å². The minimum Gasteiger partial charge on any atom is -0.484 e. The Bertz CT molecular complexity index is 835. The maximum atomic E-state index is 13.4. The van der Waals surface area contributed by atoms with Crippen LogP contribution in [-0.2, 0) is 11.3 Å². The highest BCUT2D eigenvalue weighted by Gasteiger charge is 2.57. The molecule has 4 rings (SSSR count). The summed E-state index contributed by atoms with van der Waals surface area (Å²) in [5.41, 5.74) is 7.19. The number of nitrogens with zero attached hydrogens (tertiary/aromatic N) is 1. The summed E-state index contributed by atoms with van der Waals surface area (Å²) >= 11 is 1.66. The van der Waals surface area contributed by atoms with Crippen molar-refractivity contribution in [1.29, 1.82) is 0 Å². The number of halogens is 1. The normalized spacial score (nSPS) is 19.2. The van der Waals surface area contributed by atoms with Crippen molar-refractivity contribution < 1.29 is 14.3 Å². The fourth-order valence-corrected chi connectivity index (χ4v) is 4.81. The van der Waals surface area contributed by atoms with E-state index in [1.54, 1.807) is 35.6 Å². The van der Waals surface area contributed by atoms with Gasteiger partial charge in [-0.25, -0.2) is 0 Å². The van der Waals surface area contributed by atoms with E-state index in [4.69, 9.17) is 10.5 Å². The van der Waals surface area contributed by atoms with Gasteiger partial charge in [-0.3, -0.25) is 9.59 Å². The van der Waals surface area contributed by atoms with Crippen molar-refractivity contribution in [3.05, 3.63) is 52.2 Å². The molecule has 1 unspecified atom stereocenters. The van der Waals surface area contributed by atoms with Gasteiger partial charge in [0.25, 0.3) is 11.8 Å². The molecule has 2 heterocycles. The number of piperidine rings is 1. The van der Waals surface area contributed by atoms with Gasteiger partial charge in [-0.05, 0) is 84.4 Å². The van der Waals surface area contributed by atoms with Gasteiger partial charge in [-0.2, -0.15) is 11.3 Å². The van der Waals surface area contributed by atoms with Gasteiger partial charge in [0.2, 0.25) is 0 Å². The van der Waals surface area contributed by atoms with Gasteiger partial charge >= 0.3 is 0 Å². The van der Waals surface area contributed by atoms with Crippen LogP contribution in [0.25, 0.3) is 0 Å². The lowest BCUT2D eigenvalue weighted by Gasteiger charge is -2.29. The third kappa shape index (κ3) is 4.91. The van der Waals surface area contributed by atoms with Crippen molar-refractivity contribution in [1.82, 2.24) is 10.2 Å². The summed E-state index contributed by atoms with van der Waals surface area (Å²) in [7, 11) is 0. The SMILES string of the molecule is Cl.NC(=O)COc1ccc(C(=O)N(Cc2ccsc2)C2CC23CCNCC3)cc1. The molecule has 6 nitrogen and oxygen atoms in total. The lowest BCUT2D eigenvalue weighted by atomic mass is 9.93. The third-order valence-corrected chi connectivity index (χ3v) is 6.53. The van der Waals surface area contributed by atoms with E-state index >= 15 is 0 Å². The first kappa shape index (κ1) is 21.6. The molecular formula is C21H26ClN3O3S. The molecule has 156 valence electrons.